The number of carbonyl (C=O) groups excluding carboxylic acids is 3. The lowest BCUT2D eigenvalue weighted by Crippen LogP contribution is -2.55. The molecule has 1 saturated carbocycles. The van der Waals surface area contributed by atoms with Crippen LogP contribution in [0.15, 0.2) is 30.8 Å². The zero-order valence-corrected chi connectivity index (χ0v) is 15.0. The van der Waals surface area contributed by atoms with Crippen LogP contribution in [0.1, 0.15) is 35.7 Å². The van der Waals surface area contributed by atoms with Gasteiger partial charge in [-0.25, -0.2) is 0 Å². The molecule has 0 N–H and O–H groups in total. The smallest absolute Gasteiger partial charge is 0.259 e. The Kier molecular flexibility index (Phi) is 4.05. The number of rotatable bonds is 3. The molecule has 0 radical (unpaired) electrons. The Balaban J connectivity index is 1.42. The summed E-state index contributed by atoms with van der Waals surface area (Å²) in [6, 6.07) is 6.70. The highest BCUT2D eigenvalue weighted by molar-refractivity contribution is 6.10. The maximum absolute atomic E-state index is 12.9. The second-order valence-electron chi connectivity index (χ2n) is 7.27. The van der Waals surface area contributed by atoms with E-state index in [1.54, 1.807) is 17.9 Å². The van der Waals surface area contributed by atoms with Crippen LogP contribution >= 0.6 is 0 Å². The summed E-state index contributed by atoms with van der Waals surface area (Å²) in [5, 5.41) is 0. The Morgan fingerprint density at radius 3 is 2.19 bits per heavy atom. The fourth-order valence-corrected chi connectivity index (χ4v) is 3.82. The van der Waals surface area contributed by atoms with E-state index in [0.29, 0.717) is 37.4 Å². The van der Waals surface area contributed by atoms with Gasteiger partial charge >= 0.3 is 0 Å². The second-order valence-corrected chi connectivity index (χ2v) is 7.27. The van der Waals surface area contributed by atoms with Crippen molar-refractivity contribution in [3.05, 3.63) is 42.0 Å². The quantitative estimate of drug-likeness (QED) is 0.829. The van der Waals surface area contributed by atoms with Crippen molar-refractivity contribution in [2.75, 3.05) is 26.2 Å². The van der Waals surface area contributed by atoms with Gasteiger partial charge in [0.05, 0.1) is 0 Å². The van der Waals surface area contributed by atoms with Crippen molar-refractivity contribution in [1.29, 1.82) is 0 Å². The highest BCUT2D eigenvalue weighted by atomic mass is 16.2. The van der Waals surface area contributed by atoms with Crippen LogP contribution in [0.5, 0.6) is 0 Å². The average Bonchev–Trinajstić information content (AvgIpc) is 3.48. The molecule has 2 fully saturated rings. The molecule has 1 aromatic rings. The van der Waals surface area contributed by atoms with Crippen molar-refractivity contribution >= 4 is 23.4 Å². The van der Waals surface area contributed by atoms with E-state index < -0.39 is 6.04 Å². The van der Waals surface area contributed by atoms with E-state index in [-0.39, 0.29) is 23.6 Å². The molecule has 2 heterocycles. The van der Waals surface area contributed by atoms with Crippen molar-refractivity contribution in [2.24, 2.45) is 5.92 Å². The molecule has 1 aromatic carbocycles. The summed E-state index contributed by atoms with van der Waals surface area (Å²) in [5.74, 6) is 0.170. The zero-order chi connectivity index (χ0) is 18.4. The molecule has 0 bridgehead atoms. The van der Waals surface area contributed by atoms with E-state index in [1.807, 2.05) is 23.1 Å². The summed E-state index contributed by atoms with van der Waals surface area (Å²) in [6.07, 6.45) is 1.99. The minimum absolute atomic E-state index is 0.0918. The van der Waals surface area contributed by atoms with Gasteiger partial charge in [0.2, 0.25) is 11.8 Å². The van der Waals surface area contributed by atoms with Crippen LogP contribution in [0.2, 0.25) is 0 Å². The normalized spacial score (nSPS) is 21.0. The number of benzene rings is 1. The minimum atomic E-state index is -0.604. The maximum Gasteiger partial charge on any atom is 0.259 e. The Morgan fingerprint density at radius 2 is 1.62 bits per heavy atom. The van der Waals surface area contributed by atoms with E-state index in [9.17, 15) is 14.4 Å². The fourth-order valence-electron chi connectivity index (χ4n) is 3.82. The van der Waals surface area contributed by atoms with Crippen molar-refractivity contribution < 1.29 is 14.4 Å². The first-order valence-electron chi connectivity index (χ1n) is 9.18. The first kappa shape index (κ1) is 16.8. The lowest BCUT2D eigenvalue weighted by atomic mass is 10.1. The lowest BCUT2D eigenvalue weighted by molar-refractivity contribution is -0.142. The van der Waals surface area contributed by atoms with Crippen LogP contribution in [0, 0.1) is 5.92 Å². The van der Waals surface area contributed by atoms with Gasteiger partial charge in [0.25, 0.3) is 5.91 Å². The summed E-state index contributed by atoms with van der Waals surface area (Å²) < 4.78 is 0. The SMILES string of the molecule is C=C1c2ccccc2C(=O)N1[C@@H](C)C(=O)N1CCN(C(=O)C2CC2)CC1. The van der Waals surface area contributed by atoms with Crippen LogP contribution in [-0.4, -0.2) is 64.6 Å². The van der Waals surface area contributed by atoms with Crippen LogP contribution in [0.3, 0.4) is 0 Å². The number of piperazine rings is 1. The molecule has 3 aliphatic rings. The van der Waals surface area contributed by atoms with E-state index in [1.165, 1.54) is 4.90 Å². The van der Waals surface area contributed by atoms with Gasteiger partial charge in [-0.3, -0.25) is 19.3 Å². The van der Waals surface area contributed by atoms with Gasteiger partial charge < -0.3 is 9.80 Å². The van der Waals surface area contributed by atoms with Gasteiger partial charge in [-0.05, 0) is 25.8 Å². The highest BCUT2D eigenvalue weighted by Gasteiger charge is 2.40. The first-order valence-corrected chi connectivity index (χ1v) is 9.18. The number of carbonyl (C=O) groups is 3. The van der Waals surface area contributed by atoms with Gasteiger partial charge in [0.1, 0.15) is 6.04 Å². The summed E-state index contributed by atoms with van der Waals surface area (Å²) in [6.45, 7) is 7.95. The molecule has 1 aliphatic carbocycles. The van der Waals surface area contributed by atoms with Gasteiger partial charge in [0, 0.05) is 48.9 Å². The zero-order valence-electron chi connectivity index (χ0n) is 15.0. The van der Waals surface area contributed by atoms with Crippen LogP contribution in [0.25, 0.3) is 5.70 Å². The van der Waals surface area contributed by atoms with Crippen LogP contribution in [0.4, 0.5) is 0 Å². The van der Waals surface area contributed by atoms with Crippen LogP contribution < -0.4 is 0 Å². The minimum Gasteiger partial charge on any atom is -0.339 e. The number of hydrogen-bond acceptors (Lipinski definition) is 3. The van der Waals surface area contributed by atoms with E-state index >= 15 is 0 Å². The van der Waals surface area contributed by atoms with Gasteiger partial charge in [-0.1, -0.05) is 24.8 Å². The second kappa shape index (κ2) is 6.27. The van der Waals surface area contributed by atoms with Gasteiger partial charge in [0.15, 0.2) is 0 Å². The third-order valence-electron chi connectivity index (χ3n) is 5.55. The maximum atomic E-state index is 12.9. The Labute approximate surface area is 153 Å². The molecule has 4 rings (SSSR count). The largest absolute Gasteiger partial charge is 0.339 e. The Hall–Kier alpha value is -2.63. The summed E-state index contributed by atoms with van der Waals surface area (Å²) in [5.41, 5.74) is 1.96. The molecule has 0 spiro atoms. The molecule has 2 aliphatic heterocycles. The van der Waals surface area contributed by atoms with E-state index in [4.69, 9.17) is 0 Å². The van der Waals surface area contributed by atoms with Crippen molar-refractivity contribution in [3.63, 3.8) is 0 Å². The predicted octanol–water partition coefficient (Wildman–Crippen LogP) is 1.58. The average molecular weight is 353 g/mol. The summed E-state index contributed by atoms with van der Waals surface area (Å²) >= 11 is 0. The molecule has 6 heteroatoms. The molecule has 6 nitrogen and oxygen atoms in total. The number of nitrogens with zero attached hydrogens (tertiary/aromatic N) is 3. The molecule has 136 valence electrons. The molecule has 1 saturated heterocycles. The van der Waals surface area contributed by atoms with E-state index in [0.717, 1.165) is 18.4 Å². The molecular weight excluding hydrogens is 330 g/mol. The topological polar surface area (TPSA) is 60.9 Å². The summed E-state index contributed by atoms with van der Waals surface area (Å²) in [7, 11) is 0. The van der Waals surface area contributed by atoms with Crippen molar-refractivity contribution in [1.82, 2.24) is 14.7 Å². The van der Waals surface area contributed by atoms with Crippen molar-refractivity contribution in [2.45, 2.75) is 25.8 Å². The third-order valence-corrected chi connectivity index (χ3v) is 5.55. The van der Waals surface area contributed by atoms with Gasteiger partial charge in [-0.15, -0.1) is 0 Å². The molecule has 1 atom stereocenters. The number of fused-ring (bicyclic) bond motifs is 1. The molecule has 26 heavy (non-hydrogen) atoms. The van der Waals surface area contributed by atoms with Gasteiger partial charge in [-0.2, -0.15) is 0 Å². The highest BCUT2D eigenvalue weighted by Crippen LogP contribution is 2.34. The number of hydrogen-bond donors (Lipinski definition) is 0. The Bertz CT molecular complexity index is 756. The standard InChI is InChI=1S/C20H23N3O3/c1-13-16-5-3-4-6-17(16)20(26)23(13)14(2)18(24)21-9-11-22(12-10-21)19(25)15-7-8-15/h3-6,14-15H,1,7-12H2,2H3/t14-/m0/s1. The first-order chi connectivity index (χ1) is 12.5. The summed E-state index contributed by atoms with van der Waals surface area (Å²) in [4.78, 5) is 42.9. The molecule has 3 amide bonds. The van der Waals surface area contributed by atoms with E-state index in [2.05, 4.69) is 6.58 Å². The lowest BCUT2D eigenvalue weighted by Gasteiger charge is -2.37. The third kappa shape index (κ3) is 2.69. The Morgan fingerprint density at radius 1 is 1.04 bits per heavy atom. The van der Waals surface area contributed by atoms with Crippen LogP contribution in [-0.2, 0) is 9.59 Å². The predicted molar refractivity (Wildman–Crippen MR) is 97.0 cm³/mol. The number of amides is 3. The molecular formula is C20H23N3O3. The molecule has 0 aromatic heterocycles. The fraction of sp³-hybridized carbons (Fsp3) is 0.450. The molecule has 0 unspecified atom stereocenters. The monoisotopic (exact) mass is 353 g/mol. The van der Waals surface area contributed by atoms with Crippen molar-refractivity contribution in [3.8, 4) is 0 Å².